The average Bonchev–Trinajstić information content (AvgIpc) is 2.52. The molecule has 0 aromatic heterocycles. The van der Waals surface area contributed by atoms with Gasteiger partial charge in [0.25, 0.3) is 0 Å². The van der Waals surface area contributed by atoms with E-state index in [0.29, 0.717) is 0 Å². The number of ether oxygens (including phenoxy) is 2. The van der Waals surface area contributed by atoms with E-state index in [4.69, 9.17) is 4.74 Å². The van der Waals surface area contributed by atoms with Gasteiger partial charge < -0.3 is 9.47 Å². The predicted octanol–water partition coefficient (Wildman–Crippen LogP) is 1.36. The lowest BCUT2D eigenvalue weighted by Gasteiger charge is -2.09. The van der Waals surface area contributed by atoms with E-state index in [1.807, 2.05) is 6.92 Å². The fourth-order valence-electron chi connectivity index (χ4n) is 1.71. The van der Waals surface area contributed by atoms with Gasteiger partial charge in [0.2, 0.25) is 0 Å². The molecular weight excluding hydrogens is 156 g/mol. The van der Waals surface area contributed by atoms with E-state index in [2.05, 4.69) is 4.74 Å². The summed E-state index contributed by atoms with van der Waals surface area (Å²) in [5.41, 5.74) is 0. The Bertz CT molecular complexity index is 156. The molecule has 0 aliphatic heterocycles. The van der Waals surface area contributed by atoms with Gasteiger partial charge in [-0.2, -0.15) is 0 Å². The fraction of sp³-hybridized carbons (Fsp3) is 0.889. The van der Waals surface area contributed by atoms with E-state index in [1.165, 1.54) is 7.11 Å². The molecule has 1 aliphatic rings. The van der Waals surface area contributed by atoms with Crippen LogP contribution < -0.4 is 0 Å². The van der Waals surface area contributed by atoms with Crippen molar-refractivity contribution in [1.82, 2.24) is 0 Å². The summed E-state index contributed by atoms with van der Waals surface area (Å²) in [6, 6.07) is 0. The Morgan fingerprint density at radius 3 is 2.83 bits per heavy atom. The zero-order valence-corrected chi connectivity index (χ0v) is 7.71. The number of carbonyl (C=O) groups is 1. The van der Waals surface area contributed by atoms with Gasteiger partial charge in [0.05, 0.1) is 19.1 Å². The monoisotopic (exact) mass is 172 g/mol. The maximum Gasteiger partial charge on any atom is 0.308 e. The van der Waals surface area contributed by atoms with E-state index in [0.717, 1.165) is 25.9 Å². The molecule has 0 spiro atoms. The highest BCUT2D eigenvalue weighted by atomic mass is 16.5. The summed E-state index contributed by atoms with van der Waals surface area (Å²) in [6.45, 7) is 2.71. The highest BCUT2D eigenvalue weighted by molar-refractivity contribution is 5.72. The second-order valence-corrected chi connectivity index (χ2v) is 3.11. The van der Waals surface area contributed by atoms with Crippen LogP contribution >= 0.6 is 0 Å². The average molecular weight is 172 g/mol. The molecule has 3 heteroatoms. The predicted molar refractivity (Wildman–Crippen MR) is 44.8 cm³/mol. The van der Waals surface area contributed by atoms with Crippen molar-refractivity contribution in [2.24, 2.45) is 5.92 Å². The van der Waals surface area contributed by atoms with Crippen LogP contribution in [0.3, 0.4) is 0 Å². The molecule has 1 saturated carbocycles. The van der Waals surface area contributed by atoms with Gasteiger partial charge in [-0.15, -0.1) is 0 Å². The Kier molecular flexibility index (Phi) is 3.53. The molecule has 1 rings (SSSR count). The highest BCUT2D eigenvalue weighted by Gasteiger charge is 2.30. The summed E-state index contributed by atoms with van der Waals surface area (Å²) in [6.07, 6.45) is 3.02. The smallest absolute Gasteiger partial charge is 0.308 e. The quantitative estimate of drug-likeness (QED) is 0.603. The van der Waals surface area contributed by atoms with Crippen LogP contribution in [0.2, 0.25) is 0 Å². The molecule has 2 atom stereocenters. The third-order valence-corrected chi connectivity index (χ3v) is 2.32. The van der Waals surface area contributed by atoms with Crippen LogP contribution in [0.5, 0.6) is 0 Å². The lowest BCUT2D eigenvalue weighted by atomic mass is 10.1. The number of carbonyl (C=O) groups excluding carboxylic acids is 1. The zero-order chi connectivity index (χ0) is 8.97. The maximum absolute atomic E-state index is 11.1. The first kappa shape index (κ1) is 9.52. The van der Waals surface area contributed by atoms with E-state index in [-0.39, 0.29) is 18.0 Å². The number of rotatable bonds is 3. The summed E-state index contributed by atoms with van der Waals surface area (Å²) < 4.78 is 10.1. The Morgan fingerprint density at radius 1 is 1.50 bits per heavy atom. The first-order valence-corrected chi connectivity index (χ1v) is 4.47. The van der Waals surface area contributed by atoms with Crippen LogP contribution in [0.1, 0.15) is 26.2 Å². The van der Waals surface area contributed by atoms with Crippen molar-refractivity contribution in [3.05, 3.63) is 0 Å². The van der Waals surface area contributed by atoms with Crippen molar-refractivity contribution >= 4 is 5.97 Å². The Hall–Kier alpha value is -0.570. The van der Waals surface area contributed by atoms with Crippen molar-refractivity contribution in [3.8, 4) is 0 Å². The standard InChI is InChI=1S/C9H16O3/c1-3-12-8-5-4-7(6-8)9(10)11-2/h7-8H,3-6H2,1-2H3. The summed E-state index contributed by atoms with van der Waals surface area (Å²) in [7, 11) is 1.44. The Labute approximate surface area is 73.0 Å². The van der Waals surface area contributed by atoms with Crippen molar-refractivity contribution in [2.75, 3.05) is 13.7 Å². The van der Waals surface area contributed by atoms with Crippen LogP contribution in [0.15, 0.2) is 0 Å². The molecule has 0 aromatic carbocycles. The minimum atomic E-state index is -0.0859. The molecule has 12 heavy (non-hydrogen) atoms. The molecule has 0 amide bonds. The van der Waals surface area contributed by atoms with Crippen molar-refractivity contribution in [3.63, 3.8) is 0 Å². The first-order chi connectivity index (χ1) is 5.77. The third-order valence-electron chi connectivity index (χ3n) is 2.32. The second kappa shape index (κ2) is 4.45. The largest absolute Gasteiger partial charge is 0.469 e. The van der Waals surface area contributed by atoms with Gasteiger partial charge in [0, 0.05) is 6.61 Å². The third kappa shape index (κ3) is 2.21. The molecule has 1 fully saturated rings. The summed E-state index contributed by atoms with van der Waals surface area (Å²) >= 11 is 0. The van der Waals surface area contributed by atoms with E-state index >= 15 is 0 Å². The van der Waals surface area contributed by atoms with Crippen LogP contribution in [0.25, 0.3) is 0 Å². The minimum absolute atomic E-state index is 0.0755. The number of methoxy groups -OCH3 is 1. The summed E-state index contributed by atoms with van der Waals surface area (Å²) in [5, 5.41) is 0. The summed E-state index contributed by atoms with van der Waals surface area (Å²) in [5.74, 6) is -0.0104. The zero-order valence-electron chi connectivity index (χ0n) is 7.71. The fourth-order valence-corrected chi connectivity index (χ4v) is 1.71. The van der Waals surface area contributed by atoms with Crippen LogP contribution in [-0.2, 0) is 14.3 Å². The van der Waals surface area contributed by atoms with E-state index in [1.54, 1.807) is 0 Å². The maximum atomic E-state index is 11.1. The molecule has 0 N–H and O–H groups in total. The molecule has 0 radical (unpaired) electrons. The molecule has 0 heterocycles. The van der Waals surface area contributed by atoms with Crippen molar-refractivity contribution < 1.29 is 14.3 Å². The lowest BCUT2D eigenvalue weighted by molar-refractivity contribution is -0.145. The van der Waals surface area contributed by atoms with Crippen molar-refractivity contribution in [2.45, 2.75) is 32.3 Å². The van der Waals surface area contributed by atoms with Gasteiger partial charge in [0.1, 0.15) is 0 Å². The van der Waals surface area contributed by atoms with E-state index in [9.17, 15) is 4.79 Å². The first-order valence-electron chi connectivity index (χ1n) is 4.47. The van der Waals surface area contributed by atoms with Gasteiger partial charge >= 0.3 is 5.97 Å². The molecule has 0 aromatic rings. The molecule has 3 nitrogen and oxygen atoms in total. The topological polar surface area (TPSA) is 35.5 Å². The van der Waals surface area contributed by atoms with Gasteiger partial charge in [-0.1, -0.05) is 0 Å². The van der Waals surface area contributed by atoms with Gasteiger partial charge in [0.15, 0.2) is 0 Å². The second-order valence-electron chi connectivity index (χ2n) is 3.11. The van der Waals surface area contributed by atoms with Crippen LogP contribution in [0.4, 0.5) is 0 Å². The lowest BCUT2D eigenvalue weighted by Crippen LogP contribution is -2.15. The SMILES string of the molecule is CCOC1CCC(C(=O)OC)C1. The highest BCUT2D eigenvalue weighted by Crippen LogP contribution is 2.28. The number of hydrogen-bond acceptors (Lipinski definition) is 3. The van der Waals surface area contributed by atoms with Crippen molar-refractivity contribution in [1.29, 1.82) is 0 Å². The molecule has 2 unspecified atom stereocenters. The summed E-state index contributed by atoms with van der Waals surface area (Å²) in [4.78, 5) is 11.1. The van der Waals surface area contributed by atoms with Gasteiger partial charge in [-0.3, -0.25) is 4.79 Å². The number of esters is 1. The van der Waals surface area contributed by atoms with Gasteiger partial charge in [-0.25, -0.2) is 0 Å². The van der Waals surface area contributed by atoms with Crippen LogP contribution in [0, 0.1) is 5.92 Å². The van der Waals surface area contributed by atoms with E-state index < -0.39 is 0 Å². The van der Waals surface area contributed by atoms with Gasteiger partial charge in [-0.05, 0) is 26.2 Å². The normalized spacial score (nSPS) is 28.8. The molecule has 0 saturated heterocycles. The number of hydrogen-bond donors (Lipinski definition) is 0. The Balaban J connectivity index is 2.30. The molecule has 0 bridgehead atoms. The molecular formula is C9H16O3. The molecule has 70 valence electrons. The molecule has 1 aliphatic carbocycles. The Morgan fingerprint density at radius 2 is 2.25 bits per heavy atom. The minimum Gasteiger partial charge on any atom is -0.469 e. The van der Waals surface area contributed by atoms with Crippen LogP contribution in [-0.4, -0.2) is 25.8 Å².